The van der Waals surface area contributed by atoms with Crippen molar-refractivity contribution in [3.05, 3.63) is 29.3 Å². The number of sulfone groups is 1. The lowest BCUT2D eigenvalue weighted by Gasteiger charge is -2.38. The molecule has 0 aliphatic carbocycles. The zero-order valence-corrected chi connectivity index (χ0v) is 14.9. The molecule has 0 aromatic heterocycles. The van der Waals surface area contributed by atoms with E-state index < -0.39 is 61.1 Å². The molecule has 0 saturated carbocycles. The smallest absolute Gasteiger partial charge is 0.315 e. The van der Waals surface area contributed by atoms with Crippen molar-refractivity contribution in [3.63, 3.8) is 0 Å². The molecule has 0 unspecified atom stereocenters. The number of hydrogen-bond donors (Lipinski definition) is 2. The molecule has 2 rings (SSSR count). The van der Waals surface area contributed by atoms with E-state index in [1.807, 2.05) is 0 Å². The molecule has 26 heavy (non-hydrogen) atoms. The summed E-state index contributed by atoms with van der Waals surface area (Å²) in [5.74, 6) is -5.56. The van der Waals surface area contributed by atoms with E-state index in [4.69, 9.17) is 5.73 Å². The molecule has 1 aliphatic heterocycles. The average molecular weight is 395 g/mol. The lowest BCUT2D eigenvalue weighted by Crippen LogP contribution is -2.55. The minimum atomic E-state index is -3.90. The quantitative estimate of drug-likeness (QED) is 0.764. The maximum atomic E-state index is 14.3. The van der Waals surface area contributed by atoms with Crippen molar-refractivity contribution in [1.82, 2.24) is 0 Å². The van der Waals surface area contributed by atoms with Gasteiger partial charge in [-0.05, 0) is 26.8 Å². The number of alkyl halides is 2. The Morgan fingerprint density at radius 2 is 1.85 bits per heavy atom. The van der Waals surface area contributed by atoms with Crippen molar-refractivity contribution in [3.8, 4) is 0 Å². The molecular formula is C15H17F4N3O3S. The van der Waals surface area contributed by atoms with Gasteiger partial charge < -0.3 is 11.1 Å². The second kappa shape index (κ2) is 6.22. The van der Waals surface area contributed by atoms with Crippen LogP contribution in [0.2, 0.25) is 0 Å². The van der Waals surface area contributed by atoms with E-state index in [0.717, 1.165) is 6.07 Å². The first-order valence-corrected chi connectivity index (χ1v) is 9.03. The van der Waals surface area contributed by atoms with Gasteiger partial charge in [-0.25, -0.2) is 17.2 Å². The van der Waals surface area contributed by atoms with Gasteiger partial charge in [0.25, 0.3) is 5.91 Å². The number of nitrogens with two attached hydrogens (primary N) is 1. The molecule has 0 saturated heterocycles. The van der Waals surface area contributed by atoms with Crippen LogP contribution in [0.15, 0.2) is 17.1 Å². The number of amidine groups is 1. The topological polar surface area (TPSA) is 102 Å². The molecule has 1 amide bonds. The van der Waals surface area contributed by atoms with Crippen molar-refractivity contribution < 1.29 is 30.8 Å². The number of halogens is 4. The minimum absolute atomic E-state index is 0.298. The summed E-state index contributed by atoms with van der Waals surface area (Å²) in [6, 6.07) is 1.38. The molecule has 1 aliphatic rings. The molecule has 0 bridgehead atoms. The predicted molar refractivity (Wildman–Crippen MR) is 87.8 cm³/mol. The van der Waals surface area contributed by atoms with Gasteiger partial charge in [0.15, 0.2) is 21.5 Å². The van der Waals surface area contributed by atoms with E-state index >= 15 is 0 Å². The number of rotatable bonds is 3. The van der Waals surface area contributed by atoms with Gasteiger partial charge in [-0.3, -0.25) is 9.79 Å². The van der Waals surface area contributed by atoms with Gasteiger partial charge in [0.05, 0.1) is 5.75 Å². The number of aliphatic imine (C=N–C) groups is 1. The summed E-state index contributed by atoms with van der Waals surface area (Å²) < 4.78 is 76.5. The van der Waals surface area contributed by atoms with Crippen LogP contribution >= 0.6 is 0 Å². The molecule has 11 heteroatoms. The molecule has 1 aromatic rings. The number of anilines is 1. The predicted octanol–water partition coefficient (Wildman–Crippen LogP) is 1.95. The van der Waals surface area contributed by atoms with E-state index in [0.29, 0.717) is 6.07 Å². The maximum Gasteiger partial charge on any atom is 0.315 e. The van der Waals surface area contributed by atoms with Gasteiger partial charge in [-0.2, -0.15) is 8.78 Å². The maximum absolute atomic E-state index is 14.3. The fourth-order valence-electron chi connectivity index (χ4n) is 2.53. The Balaban J connectivity index is 2.62. The summed E-state index contributed by atoms with van der Waals surface area (Å²) in [6.07, 6.45) is -3.37. The molecule has 3 N–H and O–H groups in total. The van der Waals surface area contributed by atoms with Crippen molar-refractivity contribution in [2.75, 3.05) is 11.1 Å². The normalized spacial score (nSPS) is 24.2. The van der Waals surface area contributed by atoms with Crippen molar-refractivity contribution >= 4 is 27.3 Å². The fraction of sp³-hybridized carbons (Fsp3) is 0.467. The number of hydrogen-bond acceptors (Lipinski definition) is 5. The third-order valence-corrected chi connectivity index (χ3v) is 7.01. The van der Waals surface area contributed by atoms with Crippen LogP contribution in [0, 0.1) is 11.6 Å². The van der Waals surface area contributed by atoms with Crippen LogP contribution in [0.5, 0.6) is 0 Å². The number of carbonyl (C=O) groups is 1. The molecule has 1 heterocycles. The van der Waals surface area contributed by atoms with Crippen LogP contribution in [0.4, 0.5) is 23.2 Å². The Morgan fingerprint density at radius 1 is 1.27 bits per heavy atom. The van der Waals surface area contributed by atoms with Gasteiger partial charge in [-0.1, -0.05) is 0 Å². The summed E-state index contributed by atoms with van der Waals surface area (Å²) in [6.45, 7) is 3.89. The highest BCUT2D eigenvalue weighted by Gasteiger charge is 2.49. The SMILES string of the molecule is CC1(C)C(N)=N[C@](C)(c2cc(NC(=O)C(F)F)cc(F)c2F)CS1(=O)=O. The van der Waals surface area contributed by atoms with Gasteiger partial charge in [-0.15, -0.1) is 0 Å². The zero-order chi connectivity index (χ0) is 20.1. The highest BCUT2D eigenvalue weighted by atomic mass is 32.2. The van der Waals surface area contributed by atoms with Gasteiger partial charge in [0.2, 0.25) is 0 Å². The lowest BCUT2D eigenvalue weighted by molar-refractivity contribution is -0.126. The third-order valence-electron chi connectivity index (χ3n) is 4.31. The van der Waals surface area contributed by atoms with E-state index in [1.165, 1.54) is 20.8 Å². The fourth-order valence-corrected chi connectivity index (χ4v) is 4.22. The first-order valence-electron chi connectivity index (χ1n) is 7.38. The van der Waals surface area contributed by atoms with E-state index in [2.05, 4.69) is 4.99 Å². The second-order valence-electron chi connectivity index (χ2n) is 6.65. The molecule has 1 aromatic carbocycles. The molecule has 1 atom stereocenters. The summed E-state index contributed by atoms with van der Waals surface area (Å²) in [4.78, 5) is 15.1. The Bertz CT molecular complexity index is 900. The van der Waals surface area contributed by atoms with Crippen LogP contribution in [0.25, 0.3) is 0 Å². The van der Waals surface area contributed by atoms with E-state index in [-0.39, 0.29) is 5.84 Å². The van der Waals surface area contributed by atoms with E-state index in [9.17, 15) is 30.8 Å². The van der Waals surface area contributed by atoms with Crippen molar-refractivity contribution in [2.45, 2.75) is 37.5 Å². The number of benzene rings is 1. The Hall–Kier alpha value is -2.17. The standard InChI is InChI=1S/C15H17F4N3O3S/c1-14(2)13(20)22-15(3,6-26(14,24)25)8-4-7(5-9(16)10(8)17)21-12(23)11(18)19/h4-5,11H,6H2,1-3H3,(H2,20,22)(H,21,23)/t15-/m0/s1. The first-order chi connectivity index (χ1) is 11.7. The molecule has 0 spiro atoms. The van der Waals surface area contributed by atoms with Crippen LogP contribution in [0.3, 0.4) is 0 Å². The highest BCUT2D eigenvalue weighted by Crippen LogP contribution is 2.39. The Kier molecular flexibility index (Phi) is 4.82. The number of nitrogens with zero attached hydrogens (tertiary/aromatic N) is 1. The minimum Gasteiger partial charge on any atom is -0.386 e. The summed E-state index contributed by atoms with van der Waals surface area (Å²) in [7, 11) is -3.90. The summed E-state index contributed by atoms with van der Waals surface area (Å²) >= 11 is 0. The number of amides is 1. The van der Waals surface area contributed by atoms with Crippen LogP contribution < -0.4 is 11.1 Å². The lowest BCUT2D eigenvalue weighted by atomic mass is 9.92. The van der Waals surface area contributed by atoms with Crippen LogP contribution in [-0.2, 0) is 20.2 Å². The van der Waals surface area contributed by atoms with Crippen molar-refractivity contribution in [1.29, 1.82) is 0 Å². The van der Waals surface area contributed by atoms with Gasteiger partial charge in [0.1, 0.15) is 16.1 Å². The summed E-state index contributed by atoms with van der Waals surface area (Å²) in [5, 5.41) is 1.73. The molecule has 6 nitrogen and oxygen atoms in total. The van der Waals surface area contributed by atoms with Gasteiger partial charge in [0, 0.05) is 17.3 Å². The third kappa shape index (κ3) is 3.27. The Morgan fingerprint density at radius 3 is 2.35 bits per heavy atom. The Labute approximate surface area is 147 Å². The van der Waals surface area contributed by atoms with Crippen LogP contribution in [-0.4, -0.2) is 37.1 Å². The highest BCUT2D eigenvalue weighted by molar-refractivity contribution is 7.93. The molecule has 0 fully saturated rings. The molecule has 144 valence electrons. The number of nitrogens with one attached hydrogen (secondary N) is 1. The zero-order valence-electron chi connectivity index (χ0n) is 14.1. The largest absolute Gasteiger partial charge is 0.386 e. The van der Waals surface area contributed by atoms with Crippen molar-refractivity contribution in [2.24, 2.45) is 10.7 Å². The summed E-state index contributed by atoms with van der Waals surface area (Å²) in [5.41, 5.74) is 2.96. The number of carbonyl (C=O) groups excluding carboxylic acids is 1. The van der Waals surface area contributed by atoms with E-state index in [1.54, 1.807) is 5.32 Å². The second-order valence-corrected chi connectivity index (χ2v) is 9.19. The molecular weight excluding hydrogens is 378 g/mol. The first kappa shape index (κ1) is 20.1. The molecule has 0 radical (unpaired) electrons. The monoisotopic (exact) mass is 395 g/mol. The van der Waals surface area contributed by atoms with Gasteiger partial charge >= 0.3 is 6.43 Å². The van der Waals surface area contributed by atoms with Crippen LogP contribution in [0.1, 0.15) is 26.3 Å². The average Bonchev–Trinajstić information content (AvgIpc) is 2.48.